The van der Waals surface area contributed by atoms with Crippen LogP contribution in [0.2, 0.25) is 0 Å². The van der Waals surface area contributed by atoms with Gasteiger partial charge in [-0.05, 0) is 38.1 Å². The molecule has 0 amide bonds. The topological polar surface area (TPSA) is 18.5 Å². The molecule has 0 saturated heterocycles. The Bertz CT molecular complexity index is 620. The van der Waals surface area contributed by atoms with Gasteiger partial charge in [-0.15, -0.1) is 0 Å². The highest BCUT2D eigenvalue weighted by molar-refractivity contribution is 5.46. The first-order chi connectivity index (χ1) is 9.53. The summed E-state index contributed by atoms with van der Waals surface area (Å²) in [6, 6.07) is 12.5. The highest BCUT2D eigenvalue weighted by atomic mass is 19.1. The van der Waals surface area contributed by atoms with E-state index in [0.717, 1.165) is 29.0 Å². The number of hydrogen-bond donors (Lipinski definition) is 0. The maximum Gasteiger partial charge on any atom is 0.130 e. The summed E-state index contributed by atoms with van der Waals surface area (Å²) in [5, 5.41) is 0. The van der Waals surface area contributed by atoms with Crippen molar-refractivity contribution >= 4 is 0 Å². The Labute approximate surface area is 118 Å². The van der Waals surface area contributed by atoms with Gasteiger partial charge in [-0.1, -0.05) is 18.2 Å². The summed E-state index contributed by atoms with van der Waals surface area (Å²) >= 11 is 0. The van der Waals surface area contributed by atoms with E-state index in [9.17, 15) is 4.39 Å². The molecule has 2 nitrogen and oxygen atoms in total. The Hall–Kier alpha value is -2.03. The zero-order chi connectivity index (χ0) is 14.2. The third-order valence-electron chi connectivity index (χ3n) is 3.34. The average Bonchev–Trinajstić information content (AvgIpc) is 2.71. The quantitative estimate of drug-likeness (QED) is 0.836. The van der Waals surface area contributed by atoms with Crippen LogP contribution in [-0.2, 0) is 13.0 Å². The lowest BCUT2D eigenvalue weighted by Crippen LogP contribution is -2.24. The van der Waals surface area contributed by atoms with E-state index in [0.29, 0.717) is 6.61 Å². The van der Waals surface area contributed by atoms with E-state index in [1.807, 2.05) is 44.2 Å². The van der Waals surface area contributed by atoms with Crippen LogP contribution in [0, 0.1) is 5.82 Å². The van der Waals surface area contributed by atoms with Crippen molar-refractivity contribution in [1.29, 1.82) is 0 Å². The molecular formula is C17H17FO2. The first kappa shape index (κ1) is 13.0. The van der Waals surface area contributed by atoms with E-state index in [-0.39, 0.29) is 11.4 Å². The molecule has 1 aliphatic rings. The van der Waals surface area contributed by atoms with E-state index in [2.05, 4.69) is 0 Å². The number of para-hydroxylation sites is 1. The molecule has 0 N–H and O–H groups in total. The van der Waals surface area contributed by atoms with E-state index in [4.69, 9.17) is 9.47 Å². The fraction of sp³-hybridized carbons (Fsp3) is 0.294. The predicted octanol–water partition coefficient (Wildman–Crippen LogP) is 4.12. The number of benzene rings is 2. The molecular weight excluding hydrogens is 255 g/mol. The molecule has 0 spiro atoms. The summed E-state index contributed by atoms with van der Waals surface area (Å²) in [4.78, 5) is 0. The van der Waals surface area contributed by atoms with Gasteiger partial charge in [-0.25, -0.2) is 4.39 Å². The van der Waals surface area contributed by atoms with Crippen molar-refractivity contribution in [3.05, 3.63) is 59.4 Å². The molecule has 1 heterocycles. The first-order valence-corrected chi connectivity index (χ1v) is 6.72. The van der Waals surface area contributed by atoms with Crippen LogP contribution in [0.15, 0.2) is 42.5 Å². The number of ether oxygens (including phenoxy) is 2. The normalized spacial score (nSPS) is 15.6. The smallest absolute Gasteiger partial charge is 0.130 e. The minimum atomic E-state index is -0.280. The lowest BCUT2D eigenvalue weighted by molar-refractivity contribution is 0.135. The van der Waals surface area contributed by atoms with Crippen LogP contribution >= 0.6 is 0 Å². The van der Waals surface area contributed by atoms with Crippen LogP contribution in [0.1, 0.15) is 25.0 Å². The van der Waals surface area contributed by atoms with Crippen LogP contribution < -0.4 is 9.47 Å². The maximum absolute atomic E-state index is 13.7. The van der Waals surface area contributed by atoms with Crippen LogP contribution in [0.5, 0.6) is 11.5 Å². The van der Waals surface area contributed by atoms with Gasteiger partial charge >= 0.3 is 0 Å². The summed E-state index contributed by atoms with van der Waals surface area (Å²) in [6.07, 6.45) is 0.721. The Morgan fingerprint density at radius 1 is 1.20 bits per heavy atom. The van der Waals surface area contributed by atoms with Crippen molar-refractivity contribution in [2.75, 3.05) is 0 Å². The van der Waals surface area contributed by atoms with Crippen molar-refractivity contribution in [3.8, 4) is 11.5 Å². The number of halogens is 1. The maximum atomic E-state index is 13.7. The molecule has 0 bridgehead atoms. The zero-order valence-electron chi connectivity index (χ0n) is 11.7. The van der Waals surface area contributed by atoms with Crippen molar-refractivity contribution < 1.29 is 13.9 Å². The van der Waals surface area contributed by atoms with Gasteiger partial charge in [-0.2, -0.15) is 0 Å². The average molecular weight is 272 g/mol. The summed E-state index contributed by atoms with van der Waals surface area (Å²) in [5.74, 6) is 1.30. The summed E-state index contributed by atoms with van der Waals surface area (Å²) in [5.41, 5.74) is 1.40. The minimum Gasteiger partial charge on any atom is -0.489 e. The molecule has 0 fully saturated rings. The van der Waals surface area contributed by atoms with Crippen molar-refractivity contribution in [3.63, 3.8) is 0 Å². The number of rotatable bonds is 3. The molecule has 3 heteroatoms. The SMILES string of the molecule is CC1(C)Cc2cc(F)cc(COc3ccccc3)c2O1. The van der Waals surface area contributed by atoms with Gasteiger partial charge in [0.05, 0.1) is 0 Å². The monoisotopic (exact) mass is 272 g/mol. The van der Waals surface area contributed by atoms with E-state index < -0.39 is 0 Å². The van der Waals surface area contributed by atoms with E-state index in [1.54, 1.807) is 6.07 Å². The minimum absolute atomic E-state index is 0.239. The molecule has 20 heavy (non-hydrogen) atoms. The molecule has 3 rings (SSSR count). The second kappa shape index (κ2) is 4.82. The predicted molar refractivity (Wildman–Crippen MR) is 75.6 cm³/mol. The third kappa shape index (κ3) is 2.62. The van der Waals surface area contributed by atoms with Crippen LogP contribution in [0.4, 0.5) is 4.39 Å². The summed E-state index contributed by atoms with van der Waals surface area (Å²) in [6.45, 7) is 4.32. The van der Waals surface area contributed by atoms with E-state index >= 15 is 0 Å². The second-order valence-electron chi connectivity index (χ2n) is 5.69. The van der Waals surface area contributed by atoms with Gasteiger partial charge in [0.2, 0.25) is 0 Å². The molecule has 104 valence electrons. The molecule has 0 saturated carbocycles. The second-order valence-corrected chi connectivity index (χ2v) is 5.69. The van der Waals surface area contributed by atoms with Gasteiger partial charge in [0.25, 0.3) is 0 Å². The Balaban J connectivity index is 1.84. The molecule has 0 unspecified atom stereocenters. The first-order valence-electron chi connectivity index (χ1n) is 6.72. The third-order valence-corrected chi connectivity index (χ3v) is 3.34. The molecule has 0 radical (unpaired) electrons. The highest BCUT2D eigenvalue weighted by Crippen LogP contribution is 2.38. The summed E-state index contributed by atoms with van der Waals surface area (Å²) in [7, 11) is 0. The van der Waals surface area contributed by atoms with E-state index in [1.165, 1.54) is 6.07 Å². The largest absolute Gasteiger partial charge is 0.489 e. The summed E-state index contributed by atoms with van der Waals surface area (Å²) < 4.78 is 25.3. The Morgan fingerprint density at radius 3 is 2.70 bits per heavy atom. The Kier molecular flexibility index (Phi) is 3.13. The molecule has 2 aromatic carbocycles. The molecule has 0 atom stereocenters. The van der Waals surface area contributed by atoms with Crippen molar-refractivity contribution in [2.45, 2.75) is 32.5 Å². The molecule has 2 aromatic rings. The molecule has 0 aliphatic carbocycles. The fourth-order valence-electron chi connectivity index (χ4n) is 2.53. The van der Waals surface area contributed by atoms with Crippen LogP contribution in [0.3, 0.4) is 0 Å². The van der Waals surface area contributed by atoms with Gasteiger partial charge in [-0.3, -0.25) is 0 Å². The number of hydrogen-bond acceptors (Lipinski definition) is 2. The van der Waals surface area contributed by atoms with Gasteiger partial charge in [0.15, 0.2) is 0 Å². The zero-order valence-corrected chi connectivity index (χ0v) is 11.7. The lowest BCUT2D eigenvalue weighted by Gasteiger charge is -2.18. The van der Waals surface area contributed by atoms with Gasteiger partial charge < -0.3 is 9.47 Å². The van der Waals surface area contributed by atoms with Crippen molar-refractivity contribution in [1.82, 2.24) is 0 Å². The van der Waals surface area contributed by atoms with Crippen molar-refractivity contribution in [2.24, 2.45) is 0 Å². The van der Waals surface area contributed by atoms with Crippen LogP contribution in [0.25, 0.3) is 0 Å². The van der Waals surface area contributed by atoms with Gasteiger partial charge in [0.1, 0.15) is 29.5 Å². The highest BCUT2D eigenvalue weighted by Gasteiger charge is 2.32. The van der Waals surface area contributed by atoms with Gasteiger partial charge in [0, 0.05) is 17.5 Å². The standard InChI is InChI=1S/C17H17FO2/c1-17(2)10-12-8-14(18)9-13(16(12)20-17)11-19-15-6-4-3-5-7-15/h3-9H,10-11H2,1-2H3. The number of fused-ring (bicyclic) bond motifs is 1. The lowest BCUT2D eigenvalue weighted by atomic mass is 10.0. The van der Waals surface area contributed by atoms with Crippen LogP contribution in [-0.4, -0.2) is 5.60 Å². The fourth-order valence-corrected chi connectivity index (χ4v) is 2.53. The molecule has 1 aliphatic heterocycles. The Morgan fingerprint density at radius 2 is 1.95 bits per heavy atom. The molecule has 0 aromatic heterocycles.